The van der Waals surface area contributed by atoms with Crippen LogP contribution in [0.25, 0.3) is 0 Å². The topological polar surface area (TPSA) is 41.5 Å². The van der Waals surface area contributed by atoms with E-state index in [4.69, 9.17) is 4.74 Å². The summed E-state index contributed by atoms with van der Waals surface area (Å²) >= 11 is 3.38. The van der Waals surface area contributed by atoms with Crippen molar-refractivity contribution in [3.8, 4) is 11.8 Å². The van der Waals surface area contributed by atoms with Gasteiger partial charge in [-0.15, -0.1) is 0 Å². The van der Waals surface area contributed by atoms with Crippen molar-refractivity contribution in [2.45, 2.75) is 38.6 Å². The Kier molecular flexibility index (Phi) is 8.66. The minimum Gasteiger partial charge on any atom is -0.383 e. The predicted octanol–water partition coefficient (Wildman–Crippen LogP) is 3.21. The van der Waals surface area contributed by atoms with Gasteiger partial charge in [0.15, 0.2) is 0 Å². The molecule has 0 aromatic carbocycles. The molecule has 0 unspecified atom stereocenters. The molecule has 1 saturated carbocycles. The summed E-state index contributed by atoms with van der Waals surface area (Å²) in [5.41, 5.74) is 0. The maximum Gasteiger partial charge on any atom is 0.225 e. The minimum absolute atomic E-state index is 0.507. The van der Waals surface area contributed by atoms with E-state index in [1.807, 2.05) is 0 Å². The number of anilines is 1. The van der Waals surface area contributed by atoms with Gasteiger partial charge >= 0.3 is 0 Å². The molecule has 5 nitrogen and oxygen atoms in total. The van der Waals surface area contributed by atoms with E-state index in [1.54, 1.807) is 19.5 Å². The number of methoxy groups -OCH3 is 1. The fourth-order valence-corrected chi connectivity index (χ4v) is 3.33. The maximum atomic E-state index is 5.14. The molecule has 25 heavy (non-hydrogen) atoms. The summed E-state index contributed by atoms with van der Waals surface area (Å²) in [5, 5.41) is 0. The molecule has 0 radical (unpaired) electrons. The summed E-state index contributed by atoms with van der Waals surface area (Å²) in [5.74, 6) is 8.18. The molecule has 1 aliphatic carbocycles. The van der Waals surface area contributed by atoms with Crippen LogP contribution in [0.5, 0.6) is 0 Å². The third kappa shape index (κ3) is 6.58. The highest BCUT2D eigenvalue weighted by atomic mass is 79.9. The molecule has 0 bridgehead atoms. The zero-order chi connectivity index (χ0) is 18.1. The molecule has 0 N–H and O–H groups in total. The average molecular weight is 409 g/mol. The van der Waals surface area contributed by atoms with Gasteiger partial charge in [-0.1, -0.05) is 18.8 Å². The van der Waals surface area contributed by atoms with Crippen LogP contribution in [-0.4, -0.2) is 61.3 Å². The van der Waals surface area contributed by atoms with Crippen molar-refractivity contribution in [3.05, 3.63) is 16.9 Å². The van der Waals surface area contributed by atoms with Crippen molar-refractivity contribution in [3.63, 3.8) is 0 Å². The summed E-state index contributed by atoms with van der Waals surface area (Å²) in [6, 6.07) is 0.507. The lowest BCUT2D eigenvalue weighted by molar-refractivity contribution is 0.158. The van der Waals surface area contributed by atoms with Gasteiger partial charge in [0, 0.05) is 45.1 Å². The lowest BCUT2D eigenvalue weighted by Crippen LogP contribution is -2.36. The van der Waals surface area contributed by atoms with Crippen LogP contribution >= 0.6 is 15.9 Å². The van der Waals surface area contributed by atoms with Crippen LogP contribution in [0, 0.1) is 17.8 Å². The maximum absolute atomic E-state index is 5.14. The smallest absolute Gasteiger partial charge is 0.225 e. The van der Waals surface area contributed by atoms with Gasteiger partial charge in [-0.3, -0.25) is 4.90 Å². The van der Waals surface area contributed by atoms with Crippen LogP contribution in [0.2, 0.25) is 0 Å². The Balaban J connectivity index is 1.77. The largest absolute Gasteiger partial charge is 0.383 e. The van der Waals surface area contributed by atoms with Gasteiger partial charge < -0.3 is 9.64 Å². The van der Waals surface area contributed by atoms with E-state index in [9.17, 15) is 0 Å². The second kappa shape index (κ2) is 10.7. The number of halogens is 1. The van der Waals surface area contributed by atoms with Gasteiger partial charge in [-0.25, -0.2) is 9.97 Å². The number of hydrogen-bond donors (Lipinski definition) is 0. The summed E-state index contributed by atoms with van der Waals surface area (Å²) in [7, 11) is 3.84. The zero-order valence-electron chi connectivity index (χ0n) is 15.5. The minimum atomic E-state index is 0.507. The van der Waals surface area contributed by atoms with E-state index < -0.39 is 0 Å². The van der Waals surface area contributed by atoms with Crippen LogP contribution in [0.4, 0.5) is 5.95 Å². The van der Waals surface area contributed by atoms with E-state index in [2.05, 4.69) is 61.5 Å². The molecule has 2 rings (SSSR count). The van der Waals surface area contributed by atoms with Crippen LogP contribution in [0.15, 0.2) is 16.9 Å². The molecule has 0 aliphatic heterocycles. The van der Waals surface area contributed by atoms with Crippen LogP contribution in [0.1, 0.15) is 32.6 Å². The van der Waals surface area contributed by atoms with Gasteiger partial charge in [0.1, 0.15) is 0 Å². The molecule has 1 aliphatic rings. The van der Waals surface area contributed by atoms with Gasteiger partial charge in [0.2, 0.25) is 5.95 Å². The first-order valence-electron chi connectivity index (χ1n) is 9.04. The third-order valence-electron chi connectivity index (χ3n) is 4.83. The summed E-state index contributed by atoms with van der Waals surface area (Å²) < 4.78 is 6.05. The van der Waals surface area contributed by atoms with E-state index in [0.717, 1.165) is 62.3 Å². The molecule has 138 valence electrons. The van der Waals surface area contributed by atoms with Crippen molar-refractivity contribution in [1.29, 1.82) is 0 Å². The molecular weight excluding hydrogens is 380 g/mol. The Morgan fingerprint density at radius 2 is 1.92 bits per heavy atom. The Bertz CT molecular complexity index is 561. The quantitative estimate of drug-likeness (QED) is 0.647. The molecule has 6 heteroatoms. The van der Waals surface area contributed by atoms with Gasteiger partial charge in [-0.05, 0) is 48.2 Å². The summed E-state index contributed by atoms with van der Waals surface area (Å²) in [6.45, 7) is 5.75. The van der Waals surface area contributed by atoms with Crippen molar-refractivity contribution in [1.82, 2.24) is 14.9 Å². The zero-order valence-corrected chi connectivity index (χ0v) is 17.1. The van der Waals surface area contributed by atoms with Crippen molar-refractivity contribution < 1.29 is 4.74 Å². The Morgan fingerprint density at radius 1 is 1.24 bits per heavy atom. The molecular formula is C19H29BrN4O. The SMILES string of the molecule is CCN(CC#CC1CCC(N(C)c2ncc(Br)cn2)CC1)CCOC. The van der Waals surface area contributed by atoms with Gasteiger partial charge in [0.05, 0.1) is 17.6 Å². The summed E-state index contributed by atoms with van der Waals surface area (Å²) in [4.78, 5) is 13.3. The lowest BCUT2D eigenvalue weighted by Gasteiger charge is -2.33. The normalized spacial score (nSPS) is 20.2. The average Bonchev–Trinajstić information content (AvgIpc) is 2.65. The molecule has 1 aromatic rings. The highest BCUT2D eigenvalue weighted by Gasteiger charge is 2.24. The number of rotatable bonds is 7. The number of nitrogens with zero attached hydrogens (tertiary/aromatic N) is 4. The fourth-order valence-electron chi connectivity index (χ4n) is 3.13. The van der Waals surface area contributed by atoms with E-state index in [1.165, 1.54) is 0 Å². The number of hydrogen-bond acceptors (Lipinski definition) is 5. The highest BCUT2D eigenvalue weighted by Crippen LogP contribution is 2.28. The first kappa shape index (κ1) is 20.2. The first-order valence-corrected chi connectivity index (χ1v) is 9.83. The second-order valence-corrected chi connectivity index (χ2v) is 7.42. The number of aromatic nitrogens is 2. The molecule has 1 aromatic heterocycles. The molecule has 1 heterocycles. The van der Waals surface area contributed by atoms with E-state index in [-0.39, 0.29) is 0 Å². The Morgan fingerprint density at radius 3 is 2.52 bits per heavy atom. The number of likely N-dealkylation sites (N-methyl/N-ethyl adjacent to an activating group) is 1. The van der Waals surface area contributed by atoms with E-state index >= 15 is 0 Å². The van der Waals surface area contributed by atoms with Crippen molar-refractivity contribution >= 4 is 21.9 Å². The van der Waals surface area contributed by atoms with Crippen LogP contribution in [0.3, 0.4) is 0 Å². The van der Waals surface area contributed by atoms with E-state index in [0.29, 0.717) is 12.0 Å². The lowest BCUT2D eigenvalue weighted by atomic mass is 9.86. The van der Waals surface area contributed by atoms with Crippen molar-refractivity contribution in [2.24, 2.45) is 5.92 Å². The summed E-state index contributed by atoms with van der Waals surface area (Å²) in [6.07, 6.45) is 8.22. The predicted molar refractivity (Wildman–Crippen MR) is 106 cm³/mol. The second-order valence-electron chi connectivity index (χ2n) is 6.50. The molecule has 0 spiro atoms. The molecule has 1 fully saturated rings. The highest BCUT2D eigenvalue weighted by molar-refractivity contribution is 9.10. The van der Waals surface area contributed by atoms with Crippen LogP contribution < -0.4 is 4.90 Å². The fraction of sp³-hybridized carbons (Fsp3) is 0.684. The van der Waals surface area contributed by atoms with Gasteiger partial charge in [-0.2, -0.15) is 0 Å². The number of ether oxygens (including phenoxy) is 1. The monoisotopic (exact) mass is 408 g/mol. The third-order valence-corrected chi connectivity index (χ3v) is 5.24. The Labute approximate surface area is 160 Å². The standard InChI is InChI=1S/C19H29BrN4O/c1-4-24(12-13-25-3)11-5-6-16-7-9-18(10-8-16)23(2)19-21-14-17(20)15-22-19/h14-16,18H,4,7-13H2,1-3H3. The Hall–Kier alpha value is -1.16. The van der Waals surface area contributed by atoms with Gasteiger partial charge in [0.25, 0.3) is 0 Å². The van der Waals surface area contributed by atoms with Crippen LogP contribution in [-0.2, 0) is 4.74 Å². The molecule has 0 saturated heterocycles. The molecule has 0 amide bonds. The first-order chi connectivity index (χ1) is 12.1. The van der Waals surface area contributed by atoms with Crippen molar-refractivity contribution in [2.75, 3.05) is 45.3 Å². The molecule has 0 atom stereocenters.